The van der Waals surface area contributed by atoms with Crippen molar-refractivity contribution >= 4 is 28.5 Å². The second-order valence-corrected chi connectivity index (χ2v) is 7.23. The average molecular weight is 429 g/mol. The highest BCUT2D eigenvalue weighted by Crippen LogP contribution is 2.13. The van der Waals surface area contributed by atoms with Gasteiger partial charge < -0.3 is 10.6 Å². The Kier molecular flexibility index (Phi) is 5.63. The molecule has 0 aliphatic heterocycles. The minimum atomic E-state index is -0.665. The summed E-state index contributed by atoms with van der Waals surface area (Å²) in [5.41, 5.74) is 1.99. The number of nitrogens with zero attached hydrogens (tertiary/aromatic N) is 1. The number of anilines is 1. The second-order valence-electron chi connectivity index (χ2n) is 7.23. The van der Waals surface area contributed by atoms with Crippen molar-refractivity contribution in [2.45, 2.75) is 13.5 Å². The number of aryl methyl sites for hydroxylation is 1. The molecule has 0 spiro atoms. The lowest BCUT2D eigenvalue weighted by Gasteiger charge is -2.09. The first-order valence-corrected chi connectivity index (χ1v) is 9.76. The summed E-state index contributed by atoms with van der Waals surface area (Å²) in [4.78, 5) is 56.6. The van der Waals surface area contributed by atoms with Gasteiger partial charge in [0.1, 0.15) is 5.65 Å². The lowest BCUT2D eigenvalue weighted by molar-refractivity contribution is 0.0949. The van der Waals surface area contributed by atoms with Crippen LogP contribution in [-0.2, 0) is 6.54 Å². The highest BCUT2D eigenvalue weighted by atomic mass is 16.2. The van der Waals surface area contributed by atoms with Crippen LogP contribution in [0, 0.1) is 6.92 Å². The summed E-state index contributed by atoms with van der Waals surface area (Å²) in [6, 6.07) is 15.7. The van der Waals surface area contributed by atoms with E-state index in [-0.39, 0.29) is 29.0 Å². The first-order valence-electron chi connectivity index (χ1n) is 9.76. The summed E-state index contributed by atoms with van der Waals surface area (Å²) < 4.78 is 0. The van der Waals surface area contributed by atoms with Crippen molar-refractivity contribution in [1.82, 2.24) is 20.3 Å². The molecule has 160 valence electrons. The van der Waals surface area contributed by atoms with Gasteiger partial charge in [-0.05, 0) is 42.8 Å². The molecule has 0 aliphatic carbocycles. The third kappa shape index (κ3) is 4.62. The molecule has 2 amide bonds. The van der Waals surface area contributed by atoms with Gasteiger partial charge in [0.15, 0.2) is 0 Å². The van der Waals surface area contributed by atoms with Crippen LogP contribution in [0.5, 0.6) is 0 Å². The Balaban J connectivity index is 1.44. The molecule has 0 atom stereocenters. The molecule has 4 aromatic rings. The molecule has 2 aromatic heterocycles. The van der Waals surface area contributed by atoms with Crippen LogP contribution in [0.2, 0.25) is 0 Å². The van der Waals surface area contributed by atoms with Crippen LogP contribution in [0.15, 0.2) is 70.4 Å². The van der Waals surface area contributed by atoms with E-state index < -0.39 is 17.2 Å². The first-order chi connectivity index (χ1) is 15.4. The highest BCUT2D eigenvalue weighted by molar-refractivity contribution is 6.04. The van der Waals surface area contributed by atoms with E-state index in [0.717, 1.165) is 11.1 Å². The summed E-state index contributed by atoms with van der Waals surface area (Å²) in [6.07, 6.45) is 1.28. The smallest absolute Gasteiger partial charge is 0.327 e. The number of fused-ring (bicyclic) bond motifs is 1. The van der Waals surface area contributed by atoms with Gasteiger partial charge in [0.05, 0.1) is 10.9 Å². The number of aromatic nitrogens is 3. The standard InChI is InChI=1S/C23H19N5O4/c1-13-5-7-15(8-6-13)21(30)26-17-4-2-3-14(9-17)11-25-20(29)16-10-18-19(24-12-16)27-23(32)28-22(18)31/h2-10,12H,11H2,1H3,(H,25,29)(H,26,30)(H2,24,27,28,31,32). The number of hydrogen-bond acceptors (Lipinski definition) is 5. The first kappa shape index (κ1) is 20.7. The van der Waals surface area contributed by atoms with Crippen LogP contribution in [0.3, 0.4) is 0 Å². The normalized spacial score (nSPS) is 10.7. The van der Waals surface area contributed by atoms with Gasteiger partial charge in [-0.1, -0.05) is 29.8 Å². The summed E-state index contributed by atoms with van der Waals surface area (Å²) in [6.45, 7) is 2.15. The third-order valence-electron chi connectivity index (χ3n) is 4.81. The van der Waals surface area contributed by atoms with E-state index >= 15 is 0 Å². The van der Waals surface area contributed by atoms with E-state index in [1.54, 1.807) is 30.3 Å². The second kappa shape index (κ2) is 8.68. The minimum absolute atomic E-state index is 0.104. The molecular formula is C23H19N5O4. The van der Waals surface area contributed by atoms with Gasteiger partial charge in [0.25, 0.3) is 17.4 Å². The Bertz CT molecular complexity index is 1440. The zero-order valence-electron chi connectivity index (χ0n) is 17.1. The fourth-order valence-corrected chi connectivity index (χ4v) is 3.12. The number of H-pyrrole nitrogens is 2. The summed E-state index contributed by atoms with van der Waals surface area (Å²) in [5, 5.41) is 5.70. The highest BCUT2D eigenvalue weighted by Gasteiger charge is 2.11. The predicted molar refractivity (Wildman–Crippen MR) is 120 cm³/mol. The number of carbonyl (C=O) groups excluding carboxylic acids is 2. The van der Waals surface area contributed by atoms with Crippen LogP contribution in [0.1, 0.15) is 31.8 Å². The zero-order valence-corrected chi connectivity index (χ0v) is 17.1. The topological polar surface area (TPSA) is 137 Å². The van der Waals surface area contributed by atoms with Crippen molar-refractivity contribution in [3.63, 3.8) is 0 Å². The van der Waals surface area contributed by atoms with E-state index in [1.165, 1.54) is 12.3 Å². The average Bonchev–Trinajstić information content (AvgIpc) is 2.78. The molecular weight excluding hydrogens is 410 g/mol. The van der Waals surface area contributed by atoms with E-state index in [0.29, 0.717) is 11.3 Å². The van der Waals surface area contributed by atoms with Gasteiger partial charge in [-0.15, -0.1) is 0 Å². The molecule has 9 nitrogen and oxygen atoms in total. The van der Waals surface area contributed by atoms with Crippen LogP contribution in [-0.4, -0.2) is 26.8 Å². The monoisotopic (exact) mass is 429 g/mol. The van der Waals surface area contributed by atoms with Crippen molar-refractivity contribution in [2.75, 3.05) is 5.32 Å². The lowest BCUT2D eigenvalue weighted by Crippen LogP contribution is -2.25. The van der Waals surface area contributed by atoms with Crippen LogP contribution < -0.4 is 21.9 Å². The molecule has 0 saturated heterocycles. The quantitative estimate of drug-likeness (QED) is 0.385. The van der Waals surface area contributed by atoms with Crippen LogP contribution >= 0.6 is 0 Å². The molecule has 32 heavy (non-hydrogen) atoms. The van der Waals surface area contributed by atoms with Crippen LogP contribution in [0.4, 0.5) is 5.69 Å². The maximum atomic E-state index is 12.5. The van der Waals surface area contributed by atoms with Crippen molar-refractivity contribution in [2.24, 2.45) is 0 Å². The fraction of sp³-hybridized carbons (Fsp3) is 0.0870. The Morgan fingerprint density at radius 1 is 0.938 bits per heavy atom. The van der Waals surface area contributed by atoms with Crippen molar-refractivity contribution in [1.29, 1.82) is 0 Å². The molecule has 0 fully saturated rings. The number of benzene rings is 2. The molecule has 2 heterocycles. The van der Waals surface area contributed by atoms with Gasteiger partial charge in [0.2, 0.25) is 0 Å². The molecule has 0 bridgehead atoms. The van der Waals surface area contributed by atoms with Crippen molar-refractivity contribution in [3.05, 3.63) is 104 Å². The minimum Gasteiger partial charge on any atom is -0.348 e. The fourth-order valence-electron chi connectivity index (χ4n) is 3.12. The van der Waals surface area contributed by atoms with E-state index in [9.17, 15) is 19.2 Å². The zero-order chi connectivity index (χ0) is 22.7. The van der Waals surface area contributed by atoms with E-state index in [1.807, 2.05) is 25.1 Å². The lowest BCUT2D eigenvalue weighted by atomic mass is 10.1. The molecule has 0 saturated carbocycles. The predicted octanol–water partition coefficient (Wildman–Crippen LogP) is 2.10. The Morgan fingerprint density at radius 2 is 1.72 bits per heavy atom. The SMILES string of the molecule is Cc1ccc(C(=O)Nc2cccc(CNC(=O)c3cnc4[nH]c(=O)[nH]c(=O)c4c3)c2)cc1. The number of hydrogen-bond donors (Lipinski definition) is 4. The molecule has 4 rings (SSSR count). The Hall–Kier alpha value is -4.53. The maximum absolute atomic E-state index is 12.5. The molecule has 4 N–H and O–H groups in total. The molecule has 2 aromatic carbocycles. The van der Waals surface area contributed by atoms with Gasteiger partial charge in [0, 0.05) is 24.0 Å². The largest absolute Gasteiger partial charge is 0.348 e. The number of pyridine rings is 1. The van der Waals surface area contributed by atoms with Gasteiger partial charge >= 0.3 is 5.69 Å². The van der Waals surface area contributed by atoms with E-state index in [2.05, 4.69) is 25.6 Å². The number of nitrogens with one attached hydrogen (secondary N) is 4. The van der Waals surface area contributed by atoms with E-state index in [4.69, 9.17) is 0 Å². The van der Waals surface area contributed by atoms with Gasteiger partial charge in [-0.3, -0.25) is 24.4 Å². The summed E-state index contributed by atoms with van der Waals surface area (Å²) >= 11 is 0. The van der Waals surface area contributed by atoms with Crippen molar-refractivity contribution < 1.29 is 9.59 Å². The van der Waals surface area contributed by atoms with Crippen LogP contribution in [0.25, 0.3) is 11.0 Å². The number of carbonyl (C=O) groups is 2. The summed E-state index contributed by atoms with van der Waals surface area (Å²) in [5.74, 6) is -0.657. The number of aromatic amines is 2. The number of amides is 2. The summed E-state index contributed by atoms with van der Waals surface area (Å²) in [7, 11) is 0. The third-order valence-corrected chi connectivity index (χ3v) is 4.81. The van der Waals surface area contributed by atoms with Gasteiger partial charge in [-0.2, -0.15) is 0 Å². The molecule has 0 unspecified atom stereocenters. The Labute approximate surface area is 181 Å². The molecule has 0 aliphatic rings. The van der Waals surface area contributed by atoms with Crippen molar-refractivity contribution in [3.8, 4) is 0 Å². The van der Waals surface area contributed by atoms with Gasteiger partial charge in [-0.25, -0.2) is 9.78 Å². The molecule has 0 radical (unpaired) electrons. The maximum Gasteiger partial charge on any atom is 0.327 e. The Morgan fingerprint density at radius 3 is 2.50 bits per heavy atom. The number of rotatable bonds is 5. The molecule has 9 heteroatoms.